The number of carbonyl (C=O) groups is 1. The fraction of sp³-hybridized carbons (Fsp3) is 0.583. The van der Waals surface area contributed by atoms with Crippen molar-refractivity contribution in [2.24, 2.45) is 0 Å². The monoisotopic (exact) mass is 257 g/mol. The van der Waals surface area contributed by atoms with Gasteiger partial charge in [-0.1, -0.05) is 0 Å². The zero-order valence-electron chi connectivity index (χ0n) is 10.4. The Hall–Kier alpha value is -0.910. The molecule has 0 radical (unpaired) electrons. The number of thiophene rings is 1. The fourth-order valence-corrected chi connectivity index (χ4v) is 2.40. The summed E-state index contributed by atoms with van der Waals surface area (Å²) in [5, 5.41) is 13.5. The Balaban J connectivity index is 2.52. The second kappa shape index (κ2) is 6.74. The lowest BCUT2D eigenvalue weighted by Crippen LogP contribution is -2.38. The van der Waals surface area contributed by atoms with Crippen LogP contribution in [0.1, 0.15) is 18.4 Å². The normalized spacial score (nSPS) is 14.4. The smallest absolute Gasteiger partial charge is 0.229 e. The molecule has 0 unspecified atom stereocenters. The molecule has 2 atom stereocenters. The molecule has 5 heteroatoms. The molecule has 0 aliphatic rings. The first-order chi connectivity index (χ1) is 8.06. The van der Waals surface area contributed by atoms with Gasteiger partial charge in [0, 0.05) is 20.7 Å². The van der Waals surface area contributed by atoms with Crippen LogP contribution in [0.2, 0.25) is 0 Å². The van der Waals surface area contributed by atoms with Crippen LogP contribution in [0.4, 0.5) is 0 Å². The van der Waals surface area contributed by atoms with Crippen LogP contribution in [0.3, 0.4) is 0 Å². The number of hydrogen-bond donors (Lipinski definition) is 1. The summed E-state index contributed by atoms with van der Waals surface area (Å²) >= 11 is 1.58. The van der Waals surface area contributed by atoms with E-state index in [4.69, 9.17) is 4.74 Å². The molecular formula is C12H19NO3S. The van der Waals surface area contributed by atoms with Gasteiger partial charge < -0.3 is 14.7 Å². The van der Waals surface area contributed by atoms with E-state index < -0.39 is 6.10 Å². The van der Waals surface area contributed by atoms with Gasteiger partial charge in [0.15, 0.2) is 0 Å². The maximum Gasteiger partial charge on any atom is 0.229 e. The molecule has 4 nitrogen and oxygen atoms in total. The van der Waals surface area contributed by atoms with Gasteiger partial charge in [0.05, 0.1) is 18.6 Å². The molecule has 1 aromatic rings. The molecule has 1 heterocycles. The van der Waals surface area contributed by atoms with E-state index >= 15 is 0 Å². The second-order valence-corrected chi connectivity index (χ2v) is 4.89. The fourth-order valence-electron chi connectivity index (χ4n) is 1.65. The Labute approximate surface area is 106 Å². The van der Waals surface area contributed by atoms with Gasteiger partial charge in [-0.25, -0.2) is 0 Å². The van der Waals surface area contributed by atoms with Crippen molar-refractivity contribution in [2.45, 2.75) is 18.9 Å². The van der Waals surface area contributed by atoms with Crippen LogP contribution in [0, 0.1) is 0 Å². The number of nitrogens with zero attached hydrogens (tertiary/aromatic N) is 1. The van der Waals surface area contributed by atoms with Gasteiger partial charge in [0.25, 0.3) is 0 Å². The van der Waals surface area contributed by atoms with E-state index in [9.17, 15) is 9.90 Å². The number of hydrogen-bond acceptors (Lipinski definition) is 4. The lowest BCUT2D eigenvalue weighted by molar-refractivity contribution is -0.132. The SMILES string of the molecule is COC[C@H](O)CN(C)C(=O)[C@@H](C)c1ccsc1. The Kier molecular flexibility index (Phi) is 5.61. The third kappa shape index (κ3) is 4.11. The summed E-state index contributed by atoms with van der Waals surface area (Å²) in [4.78, 5) is 13.6. The molecule has 0 saturated carbocycles. The van der Waals surface area contributed by atoms with Crippen LogP contribution < -0.4 is 0 Å². The number of likely N-dealkylation sites (N-methyl/N-ethyl adjacent to an activating group) is 1. The van der Waals surface area contributed by atoms with Crippen molar-refractivity contribution in [3.8, 4) is 0 Å². The topological polar surface area (TPSA) is 49.8 Å². The molecule has 0 bridgehead atoms. The number of carbonyl (C=O) groups excluding carboxylic acids is 1. The number of methoxy groups -OCH3 is 1. The molecular weight excluding hydrogens is 238 g/mol. The van der Waals surface area contributed by atoms with Gasteiger partial charge in [0.1, 0.15) is 0 Å². The summed E-state index contributed by atoms with van der Waals surface area (Å²) in [6.07, 6.45) is -0.636. The minimum atomic E-state index is -0.636. The van der Waals surface area contributed by atoms with Gasteiger partial charge in [-0.3, -0.25) is 4.79 Å². The minimum Gasteiger partial charge on any atom is -0.389 e. The van der Waals surface area contributed by atoms with Crippen molar-refractivity contribution in [3.63, 3.8) is 0 Å². The molecule has 96 valence electrons. The Morgan fingerprint density at radius 2 is 2.35 bits per heavy atom. The van der Waals surface area contributed by atoms with Gasteiger partial charge in [-0.2, -0.15) is 11.3 Å². The van der Waals surface area contributed by atoms with Crippen LogP contribution in [0.5, 0.6) is 0 Å². The van der Waals surface area contributed by atoms with Crippen molar-refractivity contribution in [1.29, 1.82) is 0 Å². The molecule has 1 amide bonds. The predicted molar refractivity (Wildman–Crippen MR) is 68.3 cm³/mol. The zero-order valence-corrected chi connectivity index (χ0v) is 11.2. The molecule has 1 rings (SSSR count). The molecule has 0 fully saturated rings. The Bertz CT molecular complexity index is 340. The third-order valence-electron chi connectivity index (χ3n) is 2.63. The molecule has 17 heavy (non-hydrogen) atoms. The van der Waals surface area contributed by atoms with E-state index in [1.807, 2.05) is 23.8 Å². The lowest BCUT2D eigenvalue weighted by atomic mass is 10.0. The Morgan fingerprint density at radius 3 is 2.88 bits per heavy atom. The van der Waals surface area contributed by atoms with Gasteiger partial charge >= 0.3 is 0 Å². The third-order valence-corrected chi connectivity index (χ3v) is 3.33. The van der Waals surface area contributed by atoms with Crippen LogP contribution in [-0.4, -0.2) is 49.3 Å². The van der Waals surface area contributed by atoms with Crippen LogP contribution in [0.15, 0.2) is 16.8 Å². The highest BCUT2D eigenvalue weighted by molar-refractivity contribution is 7.08. The summed E-state index contributed by atoms with van der Waals surface area (Å²) in [5.41, 5.74) is 1.02. The van der Waals surface area contributed by atoms with E-state index in [2.05, 4.69) is 0 Å². The highest BCUT2D eigenvalue weighted by atomic mass is 32.1. The van der Waals surface area contributed by atoms with Crippen LogP contribution in [0.25, 0.3) is 0 Å². The first-order valence-electron chi connectivity index (χ1n) is 5.50. The summed E-state index contributed by atoms with van der Waals surface area (Å²) in [6.45, 7) is 2.41. The number of aliphatic hydroxyl groups is 1. The lowest BCUT2D eigenvalue weighted by Gasteiger charge is -2.23. The van der Waals surface area contributed by atoms with Gasteiger partial charge in [-0.15, -0.1) is 0 Å². The van der Waals surface area contributed by atoms with E-state index in [0.717, 1.165) is 5.56 Å². The molecule has 0 saturated heterocycles. The standard InChI is InChI=1S/C12H19NO3S/c1-9(10-4-5-17-8-10)12(15)13(2)6-11(14)7-16-3/h4-5,8-9,11,14H,6-7H2,1-3H3/t9-,11+/m0/s1. The first-order valence-corrected chi connectivity index (χ1v) is 6.44. The number of amides is 1. The Morgan fingerprint density at radius 1 is 1.65 bits per heavy atom. The maximum atomic E-state index is 12.1. The van der Waals surface area contributed by atoms with Crippen LogP contribution in [-0.2, 0) is 9.53 Å². The maximum absolute atomic E-state index is 12.1. The predicted octanol–water partition coefficient (Wildman–Crippen LogP) is 1.32. The van der Waals surface area contributed by atoms with Crippen molar-refractivity contribution in [1.82, 2.24) is 4.90 Å². The van der Waals surface area contributed by atoms with Crippen molar-refractivity contribution >= 4 is 17.2 Å². The van der Waals surface area contributed by atoms with E-state index in [-0.39, 0.29) is 18.4 Å². The molecule has 0 aromatic carbocycles. The van der Waals surface area contributed by atoms with E-state index in [1.54, 1.807) is 23.3 Å². The summed E-state index contributed by atoms with van der Waals surface area (Å²) in [5.74, 6) is -0.153. The average molecular weight is 257 g/mol. The van der Waals surface area contributed by atoms with Crippen LogP contribution >= 0.6 is 11.3 Å². The van der Waals surface area contributed by atoms with Crippen molar-refractivity contribution in [3.05, 3.63) is 22.4 Å². The average Bonchev–Trinajstić information content (AvgIpc) is 2.80. The largest absolute Gasteiger partial charge is 0.389 e. The first kappa shape index (κ1) is 14.2. The van der Waals surface area contributed by atoms with E-state index in [1.165, 1.54) is 7.11 Å². The number of rotatable bonds is 6. The highest BCUT2D eigenvalue weighted by Crippen LogP contribution is 2.20. The quantitative estimate of drug-likeness (QED) is 0.836. The second-order valence-electron chi connectivity index (χ2n) is 4.11. The molecule has 0 spiro atoms. The van der Waals surface area contributed by atoms with Gasteiger partial charge in [0.2, 0.25) is 5.91 Å². The summed E-state index contributed by atoms with van der Waals surface area (Å²) in [7, 11) is 3.23. The number of aliphatic hydroxyl groups excluding tert-OH is 1. The van der Waals surface area contributed by atoms with Crippen molar-refractivity contribution in [2.75, 3.05) is 27.3 Å². The minimum absolute atomic E-state index is 0.0125. The molecule has 0 aliphatic heterocycles. The van der Waals surface area contributed by atoms with E-state index in [0.29, 0.717) is 6.54 Å². The number of ether oxygens (including phenoxy) is 1. The summed E-state index contributed by atoms with van der Waals surface area (Å²) in [6, 6.07) is 1.95. The summed E-state index contributed by atoms with van der Waals surface area (Å²) < 4.78 is 4.83. The molecule has 0 aliphatic carbocycles. The molecule has 1 aromatic heterocycles. The highest BCUT2D eigenvalue weighted by Gasteiger charge is 2.21. The van der Waals surface area contributed by atoms with Crippen molar-refractivity contribution < 1.29 is 14.6 Å². The van der Waals surface area contributed by atoms with Gasteiger partial charge in [-0.05, 0) is 29.3 Å². The zero-order chi connectivity index (χ0) is 12.8. The molecule has 1 N–H and O–H groups in total.